The van der Waals surface area contributed by atoms with Crippen molar-refractivity contribution in [3.05, 3.63) is 88.5 Å². The molecule has 4 heteroatoms. The molecule has 0 aromatic heterocycles. The second-order valence-electron chi connectivity index (χ2n) is 8.45. The molecule has 1 atom stereocenters. The molecule has 3 aromatic rings. The van der Waals surface area contributed by atoms with Crippen molar-refractivity contribution in [2.45, 2.75) is 54.6 Å². The number of allylic oxidation sites excluding steroid dienone is 4. The van der Waals surface area contributed by atoms with Crippen molar-refractivity contribution in [3.63, 3.8) is 0 Å². The van der Waals surface area contributed by atoms with Crippen LogP contribution < -0.4 is 24.8 Å². The van der Waals surface area contributed by atoms with Crippen LogP contribution in [0.25, 0.3) is 21.9 Å². The molecule has 1 aliphatic rings. The molecular formula is C28H34Cl2SiZr-2. The summed E-state index contributed by atoms with van der Waals surface area (Å²) in [5, 5.41) is 2.67. The fraction of sp³-hybridized carbons (Fsp3) is 0.321. The summed E-state index contributed by atoms with van der Waals surface area (Å²) in [6.45, 7) is 17.6. The van der Waals surface area contributed by atoms with E-state index >= 15 is 0 Å². The monoisotopic (exact) mass is 558 g/mol. The first-order valence-corrected chi connectivity index (χ1v) is 16.8. The molecule has 0 heterocycles. The molecule has 0 saturated heterocycles. The number of benzene rings is 2. The first kappa shape index (κ1) is 31.2. The Morgan fingerprint density at radius 3 is 2.00 bits per heavy atom. The molecule has 1 aliphatic carbocycles. The molecule has 170 valence electrons. The Bertz CT molecular complexity index is 1100. The van der Waals surface area contributed by atoms with Gasteiger partial charge < -0.3 is 24.8 Å². The van der Waals surface area contributed by atoms with Crippen LogP contribution >= 0.6 is 0 Å². The number of aryl methyl sites for hydroxylation is 2. The first-order valence-electron chi connectivity index (χ1n) is 10.6. The number of halogens is 2. The van der Waals surface area contributed by atoms with Gasteiger partial charge in [0.1, 0.15) is 0 Å². The van der Waals surface area contributed by atoms with Gasteiger partial charge in [0.05, 0.1) is 0 Å². The third-order valence-electron chi connectivity index (χ3n) is 5.60. The van der Waals surface area contributed by atoms with E-state index in [1.54, 1.807) is 23.3 Å². The van der Waals surface area contributed by atoms with E-state index < -0.39 is 0 Å². The summed E-state index contributed by atoms with van der Waals surface area (Å²) in [5.74, 6) is 0.560. The van der Waals surface area contributed by atoms with E-state index in [-0.39, 0.29) is 30.2 Å². The number of hydrogen-bond donors (Lipinski definition) is 0. The van der Waals surface area contributed by atoms with Crippen LogP contribution in [0.2, 0.25) is 13.1 Å². The smallest absolute Gasteiger partial charge is 0.0398 e. The summed E-state index contributed by atoms with van der Waals surface area (Å²) in [6.07, 6.45) is 3.36. The summed E-state index contributed by atoms with van der Waals surface area (Å²) in [7, 11) is 0. The molecule has 0 saturated carbocycles. The largest absolute Gasteiger partial charge is 1.00 e. The zero-order valence-corrected chi connectivity index (χ0v) is 25.5. The van der Waals surface area contributed by atoms with Crippen LogP contribution in [-0.2, 0) is 23.3 Å². The van der Waals surface area contributed by atoms with Crippen LogP contribution in [0.3, 0.4) is 0 Å². The molecule has 1 unspecified atom stereocenters. The van der Waals surface area contributed by atoms with Gasteiger partial charge in [0.25, 0.3) is 0 Å². The van der Waals surface area contributed by atoms with Gasteiger partial charge in [-0.2, -0.15) is 11.1 Å². The minimum absolute atomic E-state index is 0. The summed E-state index contributed by atoms with van der Waals surface area (Å²) < 4.78 is 0. The maximum Gasteiger partial charge on any atom is -0.0398 e. The second-order valence-corrected chi connectivity index (χ2v) is 17.8. The zero-order valence-electron chi connectivity index (χ0n) is 20.5. The van der Waals surface area contributed by atoms with E-state index in [1.165, 1.54) is 49.7 Å². The summed E-state index contributed by atoms with van der Waals surface area (Å²) in [4.78, 5) is 0. The van der Waals surface area contributed by atoms with Crippen molar-refractivity contribution >= 4 is 16.2 Å². The van der Waals surface area contributed by atoms with Crippen LogP contribution in [0.15, 0.2) is 71.3 Å². The third kappa shape index (κ3) is 8.53. The molecule has 4 rings (SSSR count). The van der Waals surface area contributed by atoms with E-state index in [0.29, 0.717) is 5.92 Å². The summed E-state index contributed by atoms with van der Waals surface area (Å²) in [5.41, 5.74) is 9.81. The van der Waals surface area contributed by atoms with Crippen molar-refractivity contribution in [1.82, 2.24) is 0 Å². The van der Waals surface area contributed by atoms with Crippen molar-refractivity contribution in [2.75, 3.05) is 0 Å². The molecule has 0 spiro atoms. The van der Waals surface area contributed by atoms with Crippen molar-refractivity contribution in [2.24, 2.45) is 5.92 Å². The van der Waals surface area contributed by atoms with Gasteiger partial charge >= 0.3 is 41.9 Å². The van der Waals surface area contributed by atoms with Crippen LogP contribution in [0.5, 0.6) is 0 Å². The first-order chi connectivity index (χ1) is 14.1. The van der Waals surface area contributed by atoms with Gasteiger partial charge in [0.2, 0.25) is 0 Å². The van der Waals surface area contributed by atoms with Crippen LogP contribution in [-0.4, -0.2) is 5.43 Å². The summed E-state index contributed by atoms with van der Waals surface area (Å²) in [6, 6.07) is 19.6. The molecule has 0 N–H and O–H groups in total. The van der Waals surface area contributed by atoms with Crippen LogP contribution in [0.4, 0.5) is 0 Å². The SMILES string of the molecule is CC1=[C-]C(C)C(C)=C1C.C[Si](C)=[Zr+2].Cc1ccc(C)c(-c2c[cH-]c3ccccc23)c1.[Cl-].[Cl-]. The molecular weight excluding hydrogens is 527 g/mol. The molecule has 0 bridgehead atoms. The molecule has 0 amide bonds. The maximum atomic E-state index is 3.36. The van der Waals surface area contributed by atoms with Gasteiger partial charge in [-0.25, -0.2) is 5.57 Å². The van der Waals surface area contributed by atoms with E-state index in [2.05, 4.69) is 115 Å². The van der Waals surface area contributed by atoms with E-state index in [1.807, 2.05) is 0 Å². The molecule has 3 aromatic carbocycles. The predicted molar refractivity (Wildman–Crippen MR) is 132 cm³/mol. The van der Waals surface area contributed by atoms with Gasteiger partial charge in [-0.1, -0.05) is 67.6 Å². The van der Waals surface area contributed by atoms with Gasteiger partial charge in [0.15, 0.2) is 0 Å². The molecule has 0 nitrogen and oxygen atoms in total. The number of fused-ring (bicyclic) bond motifs is 1. The van der Waals surface area contributed by atoms with E-state index in [4.69, 9.17) is 0 Å². The second kappa shape index (κ2) is 14.5. The Morgan fingerprint density at radius 2 is 1.50 bits per heavy atom. The zero-order chi connectivity index (χ0) is 22.4. The third-order valence-corrected chi connectivity index (χ3v) is 5.60. The Hall–Kier alpha value is -0.790. The van der Waals surface area contributed by atoms with Crippen molar-refractivity contribution in [1.29, 1.82) is 0 Å². The normalized spacial score (nSPS) is 14.3. The van der Waals surface area contributed by atoms with E-state index in [9.17, 15) is 0 Å². The Balaban J connectivity index is 0.000000547. The Morgan fingerprint density at radius 1 is 0.906 bits per heavy atom. The van der Waals surface area contributed by atoms with E-state index in [0.717, 1.165) is 0 Å². The number of rotatable bonds is 1. The Kier molecular flexibility index (Phi) is 14.1. The quantitative estimate of drug-likeness (QED) is 0.317. The molecule has 32 heavy (non-hydrogen) atoms. The Labute approximate surface area is 223 Å². The maximum absolute atomic E-state index is 3.36. The topological polar surface area (TPSA) is 0 Å². The van der Waals surface area contributed by atoms with Crippen molar-refractivity contribution in [3.8, 4) is 11.1 Å². The minimum atomic E-state index is 0. The van der Waals surface area contributed by atoms with Gasteiger partial charge in [0, 0.05) is 0 Å². The summed E-state index contributed by atoms with van der Waals surface area (Å²) >= 11 is 1.74. The van der Waals surface area contributed by atoms with Crippen LogP contribution in [0.1, 0.15) is 38.8 Å². The fourth-order valence-corrected chi connectivity index (χ4v) is 3.57. The standard InChI is InChI=1S/C17H15.C9H13.C2H6Si.2ClH.Zr/c1-12-7-8-13(2)17(11-12)16-10-9-14-5-3-4-6-15(14)16;1-6-5-7(2)9(4)8(6)3;1-3-2;;;/h3-11H,1-2H3;6H,1-4H3;1-2H3;2*1H;/q2*-1;;;;+2/p-2. The van der Waals surface area contributed by atoms with Crippen LogP contribution in [0, 0.1) is 25.8 Å². The number of hydrogen-bond acceptors (Lipinski definition) is 0. The molecule has 0 fully saturated rings. The van der Waals surface area contributed by atoms with Gasteiger partial charge in [-0.3, -0.25) is 6.08 Å². The van der Waals surface area contributed by atoms with Gasteiger partial charge in [-0.05, 0) is 13.8 Å². The minimum Gasteiger partial charge on any atom is -1.00 e. The molecule has 0 aliphatic heterocycles. The predicted octanol–water partition coefficient (Wildman–Crippen LogP) is 2.36. The van der Waals surface area contributed by atoms with Crippen molar-refractivity contribution < 1.29 is 48.1 Å². The average molecular weight is 561 g/mol. The average Bonchev–Trinajstić information content (AvgIpc) is 3.21. The van der Waals surface area contributed by atoms with Gasteiger partial charge in [-0.15, -0.1) is 53.6 Å². The fourth-order valence-electron chi connectivity index (χ4n) is 3.57. The molecule has 0 radical (unpaired) electrons.